The molecule has 6 atom stereocenters. The van der Waals surface area contributed by atoms with E-state index in [1.54, 1.807) is 0 Å². The summed E-state index contributed by atoms with van der Waals surface area (Å²) in [7, 11) is -9.24. The van der Waals surface area contributed by atoms with Crippen molar-refractivity contribution in [2.45, 2.75) is 465 Å². The summed E-state index contributed by atoms with van der Waals surface area (Å²) >= 11 is 0. The lowest BCUT2D eigenvalue weighted by Crippen LogP contribution is -2.41. The summed E-state index contributed by atoms with van der Waals surface area (Å²) in [5.74, 6) is 0.837. The van der Waals surface area contributed by atoms with Gasteiger partial charge in [0, 0.05) is 39.1 Å². The number of hydrogen-bond donors (Lipinski definition) is 6. The lowest BCUT2D eigenvalue weighted by Gasteiger charge is -2.22. The number of nitrogens with one attached hydrogen (secondary N) is 4. The zero-order chi connectivity index (χ0) is 77.4. The summed E-state index contributed by atoms with van der Waals surface area (Å²) in [5.41, 5.74) is 0. The van der Waals surface area contributed by atoms with Gasteiger partial charge in [-0.1, -0.05) is 414 Å². The first kappa shape index (κ1) is 104. The minimum atomic E-state index is -4.62. The number of hydrogen-bond acceptors (Lipinski definition) is 11. The Morgan fingerprint density at radius 1 is 0.274 bits per heavy atom. The van der Waals surface area contributed by atoms with Crippen LogP contribution in [0.1, 0.15) is 452 Å². The highest BCUT2D eigenvalue weighted by atomic mass is 31.2. The van der Waals surface area contributed by atoms with Crippen LogP contribution in [0.25, 0.3) is 0 Å². The Morgan fingerprint density at radius 3 is 0.726 bits per heavy atom. The van der Waals surface area contributed by atoms with E-state index in [4.69, 9.17) is 27.6 Å². The van der Waals surface area contributed by atoms with E-state index in [1.165, 1.54) is 347 Å². The number of phosphoric ester groups is 2. The lowest BCUT2D eigenvalue weighted by molar-refractivity contribution is -0.123. The van der Waals surface area contributed by atoms with Crippen LogP contribution in [0.5, 0.6) is 0 Å². The Bertz CT molecular complexity index is 1960. The van der Waals surface area contributed by atoms with Crippen molar-refractivity contribution in [2.24, 2.45) is 11.8 Å². The quantitative estimate of drug-likeness (QED) is 0.0246. The Balaban J connectivity index is 5.47. The first-order chi connectivity index (χ1) is 51.7. The van der Waals surface area contributed by atoms with Crippen LogP contribution in [-0.4, -0.2) is 106 Å². The topological polar surface area (TPSA) is 229 Å². The van der Waals surface area contributed by atoms with Crippen molar-refractivity contribution in [2.75, 3.05) is 65.9 Å². The third-order valence-electron chi connectivity index (χ3n) is 21.2. The minimum Gasteiger partial charge on any atom is -0.379 e. The maximum atomic E-state index is 13.3. The molecule has 6 N–H and O–H groups in total. The van der Waals surface area contributed by atoms with Gasteiger partial charge in [-0.2, -0.15) is 0 Å². The fourth-order valence-corrected chi connectivity index (χ4v) is 15.9. The molecule has 106 heavy (non-hydrogen) atoms. The zero-order valence-electron chi connectivity index (χ0n) is 70.4. The lowest BCUT2D eigenvalue weighted by atomic mass is 9.91. The molecule has 0 aromatic heterocycles. The van der Waals surface area contributed by atoms with Gasteiger partial charge in [0.1, 0.15) is 0 Å². The van der Waals surface area contributed by atoms with Gasteiger partial charge in [0.15, 0.2) is 0 Å². The summed E-state index contributed by atoms with van der Waals surface area (Å²) in [6, 6.07) is -2.01. The summed E-state index contributed by atoms with van der Waals surface area (Å²) in [6.45, 7) is 13.2. The van der Waals surface area contributed by atoms with E-state index < -0.39 is 33.8 Å². The molecule has 0 aliphatic heterocycles. The molecule has 0 aromatic rings. The van der Waals surface area contributed by atoms with Gasteiger partial charge < -0.3 is 40.5 Å². The Labute approximate surface area is 654 Å². The molecule has 0 radical (unpaired) electrons. The molecule has 4 unspecified atom stereocenters. The van der Waals surface area contributed by atoms with E-state index in [0.29, 0.717) is 37.9 Å². The Morgan fingerprint density at radius 2 is 0.491 bits per heavy atom. The third kappa shape index (κ3) is 77.7. The maximum Gasteiger partial charge on any atom is 0.472 e. The summed E-state index contributed by atoms with van der Waals surface area (Å²) in [4.78, 5) is 60.9. The third-order valence-corrected chi connectivity index (χ3v) is 23.2. The molecule has 0 rings (SSSR count). The van der Waals surface area contributed by atoms with E-state index in [2.05, 4.69) is 62.8 Å². The predicted octanol–water partition coefficient (Wildman–Crippen LogP) is 25.9. The first-order valence-corrected chi connectivity index (χ1v) is 48.7. The summed E-state index contributed by atoms with van der Waals surface area (Å²) < 4.78 is 60.3. The molecular weight excluding hydrogens is 1370 g/mol. The molecule has 19 heteroatoms. The van der Waals surface area contributed by atoms with E-state index in [-0.39, 0.29) is 64.5 Å². The highest BCUT2D eigenvalue weighted by molar-refractivity contribution is 7.47. The number of amides is 4. The van der Waals surface area contributed by atoms with Crippen molar-refractivity contribution in [1.29, 1.82) is 0 Å². The molecule has 17 nitrogen and oxygen atoms in total. The van der Waals surface area contributed by atoms with Gasteiger partial charge in [-0.15, -0.1) is 0 Å². The molecule has 0 aromatic carbocycles. The number of phosphoric acid groups is 2. The summed E-state index contributed by atoms with van der Waals surface area (Å²) in [6.07, 6.45) is 77.7. The summed E-state index contributed by atoms with van der Waals surface area (Å²) in [5, 5.41) is 11.1. The first-order valence-electron chi connectivity index (χ1n) is 45.7. The van der Waals surface area contributed by atoms with Gasteiger partial charge in [-0.05, 0) is 37.5 Å². The molecule has 0 bridgehead atoms. The van der Waals surface area contributed by atoms with Gasteiger partial charge in [-0.25, -0.2) is 13.9 Å². The van der Waals surface area contributed by atoms with Gasteiger partial charge in [0.2, 0.25) is 11.8 Å². The van der Waals surface area contributed by atoms with Crippen LogP contribution in [0.2, 0.25) is 0 Å². The standard InChI is InChI=1S/C87H176N4O13P2/c1-7-13-19-25-29-33-37-41-44-48-54-60-66-82(64-58-52-24-18-12-6)70-74-100-78-84(91-86(93)68-62-56-50-46-42-38-34-30-26-20-14-8-2)80-104-106(97,98)102-76-72-89-87(94)88-71-75-101-105(95,96)103-79-83(90-85(92)67-61-55-49-45-40-36-32-28-22-16-10-4)77-99-73-69-81(63-57-51-23-17-11-5)65-59-53-47-43-39-35-31-27-21-15-9-3/h81-84H,7-80H2,1-6H3,(H,90,92)(H,91,93)(H,95,96)(H,97,98)(H2,88,89,94)/t81-,82-,83?,84?/m1/s1. The molecule has 0 saturated carbocycles. The van der Waals surface area contributed by atoms with Crippen LogP contribution in [0.4, 0.5) is 4.79 Å². The number of urea groups is 1. The predicted molar refractivity (Wildman–Crippen MR) is 447 cm³/mol. The molecule has 0 fully saturated rings. The van der Waals surface area contributed by atoms with Crippen LogP contribution < -0.4 is 21.3 Å². The Kier molecular flexibility index (Phi) is 80.1. The molecular formula is C87H176N4O13P2. The molecule has 0 aliphatic carbocycles. The number of rotatable bonds is 88. The van der Waals surface area contributed by atoms with Crippen LogP contribution >= 0.6 is 15.6 Å². The van der Waals surface area contributed by atoms with Crippen LogP contribution in [0, 0.1) is 11.8 Å². The number of carbonyl (C=O) groups excluding carboxylic acids is 3. The van der Waals surface area contributed by atoms with Crippen LogP contribution in [-0.2, 0) is 46.3 Å². The highest BCUT2D eigenvalue weighted by Gasteiger charge is 2.27. The second-order valence-electron chi connectivity index (χ2n) is 31.7. The fraction of sp³-hybridized carbons (Fsp3) is 0.966. The normalized spacial score (nSPS) is 14.0. The van der Waals surface area contributed by atoms with E-state index in [0.717, 1.165) is 51.4 Å². The van der Waals surface area contributed by atoms with Crippen molar-refractivity contribution in [3.05, 3.63) is 0 Å². The molecule has 0 heterocycles. The maximum absolute atomic E-state index is 13.3. The van der Waals surface area contributed by atoms with Gasteiger partial charge in [0.25, 0.3) is 0 Å². The monoisotopic (exact) mass is 1550 g/mol. The van der Waals surface area contributed by atoms with E-state index in [1.807, 2.05) is 0 Å². The molecule has 0 spiro atoms. The SMILES string of the molecule is CCCCCCCCCCCCCCC(=O)NC(COCC[C@H](CCCCCCC)CCCCCCCCCCCCCC)COP(=O)(O)OCCNC(=O)NCCOP(=O)(O)OCC(COCC[C@H](CCCCCCC)CCCCCCCCCCCCC)NC(=O)CCCCCCCCCCCCC. The fourth-order valence-electron chi connectivity index (χ4n) is 14.4. The van der Waals surface area contributed by atoms with Crippen molar-refractivity contribution >= 4 is 33.5 Å². The van der Waals surface area contributed by atoms with Crippen molar-refractivity contribution in [3.63, 3.8) is 0 Å². The molecule has 0 aliphatic rings. The van der Waals surface area contributed by atoms with Crippen LogP contribution in [0.3, 0.4) is 0 Å². The van der Waals surface area contributed by atoms with Crippen LogP contribution in [0.15, 0.2) is 0 Å². The number of ether oxygens (including phenoxy) is 2. The highest BCUT2D eigenvalue weighted by Crippen LogP contribution is 2.44. The van der Waals surface area contributed by atoms with E-state index in [9.17, 15) is 33.3 Å². The van der Waals surface area contributed by atoms with Crippen molar-refractivity contribution < 1.29 is 60.9 Å². The van der Waals surface area contributed by atoms with Crippen molar-refractivity contribution in [3.8, 4) is 0 Å². The van der Waals surface area contributed by atoms with E-state index >= 15 is 0 Å². The molecule has 4 amide bonds. The average Bonchev–Trinajstić information content (AvgIpc) is 0.923. The zero-order valence-corrected chi connectivity index (χ0v) is 72.2. The minimum absolute atomic E-state index is 0.127. The van der Waals surface area contributed by atoms with Gasteiger partial charge in [0.05, 0.1) is 51.7 Å². The largest absolute Gasteiger partial charge is 0.472 e. The second kappa shape index (κ2) is 81.4. The number of carbonyl (C=O) groups is 3. The molecule has 632 valence electrons. The smallest absolute Gasteiger partial charge is 0.379 e. The van der Waals surface area contributed by atoms with Gasteiger partial charge >= 0.3 is 21.7 Å². The second-order valence-corrected chi connectivity index (χ2v) is 34.6. The Hall–Kier alpha value is -1.65. The average molecular weight is 1550 g/mol. The molecule has 0 saturated heterocycles. The van der Waals surface area contributed by atoms with Crippen molar-refractivity contribution in [1.82, 2.24) is 21.3 Å². The number of unbranched alkanes of at least 4 members (excludes halogenated alkanes) is 50. The van der Waals surface area contributed by atoms with Gasteiger partial charge in [-0.3, -0.25) is 27.7 Å².